The molecule has 0 unspecified atom stereocenters. The third kappa shape index (κ3) is 2.29. The second kappa shape index (κ2) is 4.72. The molecule has 98 valence electrons. The molecule has 2 aromatic rings. The summed E-state index contributed by atoms with van der Waals surface area (Å²) < 4.78 is 52.9. The molecule has 0 aromatic heterocycles. The molecule has 2 nitrogen and oxygen atoms in total. The van der Waals surface area contributed by atoms with E-state index in [4.69, 9.17) is 5.11 Å². The Labute approximate surface area is 104 Å². The van der Waals surface area contributed by atoms with Crippen molar-refractivity contribution < 1.29 is 27.5 Å². The van der Waals surface area contributed by atoms with Gasteiger partial charge >= 0.3 is 5.97 Å². The summed E-state index contributed by atoms with van der Waals surface area (Å²) >= 11 is 0. The molecule has 19 heavy (non-hydrogen) atoms. The Morgan fingerprint density at radius 1 is 0.842 bits per heavy atom. The Morgan fingerprint density at radius 3 is 2.11 bits per heavy atom. The third-order valence-electron chi connectivity index (χ3n) is 2.53. The van der Waals surface area contributed by atoms with Crippen molar-refractivity contribution in [3.63, 3.8) is 0 Å². The molecule has 0 saturated heterocycles. The van der Waals surface area contributed by atoms with Crippen LogP contribution in [0.25, 0.3) is 11.1 Å². The van der Waals surface area contributed by atoms with Crippen molar-refractivity contribution in [2.45, 2.75) is 0 Å². The van der Waals surface area contributed by atoms with E-state index in [1.54, 1.807) is 0 Å². The summed E-state index contributed by atoms with van der Waals surface area (Å²) in [5.41, 5.74) is -1.67. The molecule has 1 N–H and O–H groups in total. The highest BCUT2D eigenvalue weighted by Crippen LogP contribution is 2.29. The van der Waals surface area contributed by atoms with Crippen molar-refractivity contribution in [1.29, 1.82) is 0 Å². The maximum absolute atomic E-state index is 13.6. The van der Waals surface area contributed by atoms with Crippen LogP contribution >= 0.6 is 0 Å². The Kier molecular flexibility index (Phi) is 3.25. The first kappa shape index (κ1) is 13.1. The predicted molar refractivity (Wildman–Crippen MR) is 58.7 cm³/mol. The minimum Gasteiger partial charge on any atom is -0.478 e. The zero-order valence-corrected chi connectivity index (χ0v) is 9.25. The zero-order valence-electron chi connectivity index (χ0n) is 9.25. The van der Waals surface area contributed by atoms with Gasteiger partial charge in [-0.25, -0.2) is 22.4 Å². The monoisotopic (exact) mass is 270 g/mol. The van der Waals surface area contributed by atoms with E-state index in [2.05, 4.69) is 0 Å². The molecule has 0 spiro atoms. The van der Waals surface area contributed by atoms with Crippen molar-refractivity contribution in [3.8, 4) is 11.1 Å². The molecule has 0 aliphatic carbocycles. The van der Waals surface area contributed by atoms with Gasteiger partial charge in [0.05, 0.1) is 0 Å². The minimum absolute atomic E-state index is 0.279. The van der Waals surface area contributed by atoms with Gasteiger partial charge in [0, 0.05) is 17.2 Å². The number of carboxylic acids is 1. The van der Waals surface area contributed by atoms with Crippen LogP contribution in [-0.2, 0) is 0 Å². The van der Waals surface area contributed by atoms with Crippen LogP contribution in [0.15, 0.2) is 30.3 Å². The van der Waals surface area contributed by atoms with Crippen molar-refractivity contribution in [2.75, 3.05) is 0 Å². The van der Waals surface area contributed by atoms with E-state index in [1.165, 1.54) is 0 Å². The van der Waals surface area contributed by atoms with Gasteiger partial charge in [0.15, 0.2) is 11.6 Å². The molecule has 6 heteroatoms. The van der Waals surface area contributed by atoms with Crippen LogP contribution in [-0.4, -0.2) is 11.1 Å². The van der Waals surface area contributed by atoms with Gasteiger partial charge in [-0.2, -0.15) is 0 Å². The van der Waals surface area contributed by atoms with E-state index >= 15 is 0 Å². The molecule has 0 amide bonds. The minimum atomic E-state index is -1.63. The normalized spacial score (nSPS) is 10.5. The second-order valence-electron chi connectivity index (χ2n) is 3.71. The lowest BCUT2D eigenvalue weighted by molar-refractivity contribution is 0.0693. The smallest absolute Gasteiger partial charge is 0.339 e. The quantitative estimate of drug-likeness (QED) is 0.668. The Hall–Kier alpha value is -2.37. The average molecular weight is 270 g/mol. The summed E-state index contributed by atoms with van der Waals surface area (Å²) in [5, 5.41) is 8.89. The number of hydrogen-bond donors (Lipinski definition) is 1. The highest BCUT2D eigenvalue weighted by molar-refractivity contribution is 5.96. The molecule has 0 fully saturated rings. The van der Waals surface area contributed by atoms with Gasteiger partial charge in [-0.3, -0.25) is 0 Å². The summed E-state index contributed by atoms with van der Waals surface area (Å²) in [6.07, 6.45) is 0. The summed E-state index contributed by atoms with van der Waals surface area (Å²) in [7, 11) is 0. The van der Waals surface area contributed by atoms with Crippen LogP contribution < -0.4 is 0 Å². The van der Waals surface area contributed by atoms with Crippen LogP contribution in [0.5, 0.6) is 0 Å². The van der Waals surface area contributed by atoms with Crippen LogP contribution in [0, 0.1) is 23.3 Å². The summed E-state index contributed by atoms with van der Waals surface area (Å²) in [6.45, 7) is 0. The molecule has 2 aromatic carbocycles. The van der Waals surface area contributed by atoms with Gasteiger partial charge < -0.3 is 5.11 Å². The molecular weight excluding hydrogens is 264 g/mol. The van der Waals surface area contributed by atoms with Gasteiger partial charge in [-0.1, -0.05) is 12.1 Å². The number of aromatic carboxylic acids is 1. The standard InChI is InChI=1S/C13H6F4O2/c14-8-3-1-2-6(12(8)13(18)19)7-4-10(16)11(17)5-9(7)15/h1-5H,(H,18,19). The maximum atomic E-state index is 13.6. The number of halogens is 4. The van der Waals surface area contributed by atoms with E-state index in [0.29, 0.717) is 6.07 Å². The highest BCUT2D eigenvalue weighted by Gasteiger charge is 2.20. The van der Waals surface area contributed by atoms with Gasteiger partial charge in [0.1, 0.15) is 17.2 Å². The fourth-order valence-electron chi connectivity index (χ4n) is 1.69. The average Bonchev–Trinajstić information content (AvgIpc) is 2.33. The van der Waals surface area contributed by atoms with Gasteiger partial charge in [-0.15, -0.1) is 0 Å². The molecule has 0 radical (unpaired) electrons. The van der Waals surface area contributed by atoms with Crippen molar-refractivity contribution in [1.82, 2.24) is 0 Å². The van der Waals surface area contributed by atoms with Crippen LogP contribution in [0.1, 0.15) is 10.4 Å². The molecule has 0 bridgehead atoms. The Morgan fingerprint density at radius 2 is 1.47 bits per heavy atom. The Bertz CT molecular complexity index is 668. The summed E-state index contributed by atoms with van der Waals surface area (Å²) in [6, 6.07) is 3.91. The summed E-state index contributed by atoms with van der Waals surface area (Å²) in [4.78, 5) is 10.9. The van der Waals surface area contributed by atoms with E-state index in [1.807, 2.05) is 0 Å². The lowest BCUT2D eigenvalue weighted by Gasteiger charge is -2.08. The van der Waals surface area contributed by atoms with Crippen molar-refractivity contribution in [2.24, 2.45) is 0 Å². The van der Waals surface area contributed by atoms with Crippen LogP contribution in [0.4, 0.5) is 17.6 Å². The highest BCUT2D eigenvalue weighted by atomic mass is 19.2. The van der Waals surface area contributed by atoms with Crippen LogP contribution in [0.3, 0.4) is 0 Å². The molecule has 0 heterocycles. The number of carboxylic acid groups (broad SMARTS) is 1. The molecular formula is C13H6F4O2. The van der Waals surface area contributed by atoms with Gasteiger partial charge in [0.25, 0.3) is 0 Å². The van der Waals surface area contributed by atoms with E-state index in [9.17, 15) is 22.4 Å². The lowest BCUT2D eigenvalue weighted by Crippen LogP contribution is -2.04. The van der Waals surface area contributed by atoms with Crippen molar-refractivity contribution in [3.05, 3.63) is 59.2 Å². The maximum Gasteiger partial charge on any atom is 0.339 e. The van der Waals surface area contributed by atoms with Gasteiger partial charge in [-0.05, 0) is 12.1 Å². The number of benzene rings is 2. The third-order valence-corrected chi connectivity index (χ3v) is 2.53. The number of carbonyl (C=O) groups is 1. The zero-order chi connectivity index (χ0) is 14.2. The molecule has 0 aliphatic rings. The molecule has 0 aliphatic heterocycles. The lowest BCUT2D eigenvalue weighted by atomic mass is 9.98. The van der Waals surface area contributed by atoms with Crippen LogP contribution in [0.2, 0.25) is 0 Å². The van der Waals surface area contributed by atoms with E-state index < -0.39 is 40.4 Å². The number of hydrogen-bond acceptors (Lipinski definition) is 1. The fourth-order valence-corrected chi connectivity index (χ4v) is 1.69. The largest absolute Gasteiger partial charge is 0.478 e. The topological polar surface area (TPSA) is 37.3 Å². The molecule has 2 rings (SSSR count). The van der Waals surface area contributed by atoms with Gasteiger partial charge in [0.2, 0.25) is 0 Å². The van der Waals surface area contributed by atoms with E-state index in [-0.39, 0.29) is 11.6 Å². The second-order valence-corrected chi connectivity index (χ2v) is 3.71. The first-order chi connectivity index (χ1) is 8.91. The van der Waals surface area contributed by atoms with E-state index in [0.717, 1.165) is 18.2 Å². The van der Waals surface area contributed by atoms with Crippen molar-refractivity contribution >= 4 is 5.97 Å². The predicted octanol–water partition coefficient (Wildman–Crippen LogP) is 3.61. The SMILES string of the molecule is O=C(O)c1c(F)cccc1-c1cc(F)c(F)cc1F. The first-order valence-electron chi connectivity index (χ1n) is 5.08. The fraction of sp³-hybridized carbons (Fsp3) is 0. The number of rotatable bonds is 2. The summed E-state index contributed by atoms with van der Waals surface area (Å²) in [5.74, 6) is -6.65. The first-order valence-corrected chi connectivity index (χ1v) is 5.08. The molecule has 0 atom stereocenters. The molecule has 0 saturated carbocycles. The Balaban J connectivity index is 2.76.